The lowest BCUT2D eigenvalue weighted by atomic mass is 9.96. The van der Waals surface area contributed by atoms with Crippen molar-refractivity contribution in [1.82, 2.24) is 4.98 Å². The van der Waals surface area contributed by atoms with Crippen LogP contribution in [-0.2, 0) is 15.7 Å². The molecule has 1 aliphatic rings. The van der Waals surface area contributed by atoms with Gasteiger partial charge in [-0.15, -0.1) is 0 Å². The third-order valence-electron chi connectivity index (χ3n) is 4.27. The Bertz CT molecular complexity index is 634. The molecule has 0 amide bonds. The highest BCUT2D eigenvalue weighted by Crippen LogP contribution is 2.21. The number of H-pyrrole nitrogens is 1. The molecule has 2 aromatic rings. The van der Waals surface area contributed by atoms with Crippen molar-refractivity contribution in [3.63, 3.8) is 0 Å². The Morgan fingerprint density at radius 1 is 1.17 bits per heavy atom. The summed E-state index contributed by atoms with van der Waals surface area (Å²) in [4.78, 5) is 3.24. The Morgan fingerprint density at radius 3 is 2.54 bits per heavy atom. The minimum absolute atomic E-state index is 0.167. The van der Waals surface area contributed by atoms with E-state index in [2.05, 4.69) is 42.4 Å². The van der Waals surface area contributed by atoms with Crippen LogP contribution in [0.15, 0.2) is 30.5 Å². The molecule has 24 heavy (non-hydrogen) atoms. The molecule has 0 spiro atoms. The lowest BCUT2D eigenvalue weighted by molar-refractivity contribution is -0.221. The maximum Gasteiger partial charge on any atom is 0.111 e. The van der Waals surface area contributed by atoms with Crippen LogP contribution in [0.2, 0.25) is 0 Å². The van der Waals surface area contributed by atoms with Crippen LogP contribution in [0.25, 0.3) is 10.9 Å². The highest BCUT2D eigenvalue weighted by Gasteiger charge is 2.41. The highest BCUT2D eigenvalue weighted by atomic mass is 31.0. The molecular formula is C17H26NO5P. The van der Waals surface area contributed by atoms with Gasteiger partial charge in [0, 0.05) is 26.6 Å². The van der Waals surface area contributed by atoms with Gasteiger partial charge in [-0.3, -0.25) is 0 Å². The molecule has 4 N–H and O–H groups in total. The predicted molar refractivity (Wildman–Crippen MR) is 95.7 cm³/mol. The van der Waals surface area contributed by atoms with Gasteiger partial charge in [0.25, 0.3) is 0 Å². The molecule has 1 aromatic heterocycles. The van der Waals surface area contributed by atoms with Gasteiger partial charge < -0.3 is 29.6 Å². The van der Waals surface area contributed by atoms with E-state index >= 15 is 0 Å². The lowest BCUT2D eigenvalue weighted by Crippen LogP contribution is -2.57. The first kappa shape index (κ1) is 19.3. The van der Waals surface area contributed by atoms with E-state index in [0.29, 0.717) is 0 Å². The smallest absolute Gasteiger partial charge is 0.111 e. The second-order valence-corrected chi connectivity index (χ2v) is 6.23. The van der Waals surface area contributed by atoms with E-state index in [1.165, 1.54) is 16.5 Å². The molecule has 134 valence electrons. The van der Waals surface area contributed by atoms with E-state index in [-0.39, 0.29) is 6.61 Å². The first-order chi connectivity index (χ1) is 11.5. The Hall–Kier alpha value is -1.01. The average molecular weight is 355 g/mol. The topological polar surface area (TPSA) is 94.9 Å². The Labute approximate surface area is 144 Å². The molecule has 3 rings (SSSR count). The van der Waals surface area contributed by atoms with Gasteiger partial charge in [-0.25, -0.2) is 0 Å². The number of para-hydroxylation sites is 1. The van der Waals surface area contributed by atoms with Gasteiger partial charge in [0.05, 0.1) is 12.7 Å². The predicted octanol–water partition coefficient (Wildman–Crippen LogP) is 1.39. The molecule has 7 heteroatoms. The molecule has 0 aliphatic carbocycles. The molecule has 6 nitrogen and oxygen atoms in total. The Kier molecular flexibility index (Phi) is 7.16. The molecule has 1 aromatic carbocycles. The number of ether oxygens (including phenoxy) is 1. The third kappa shape index (κ3) is 4.33. The summed E-state index contributed by atoms with van der Waals surface area (Å²) in [5, 5.41) is 29.5. The third-order valence-corrected chi connectivity index (χ3v) is 4.46. The van der Waals surface area contributed by atoms with Gasteiger partial charge >= 0.3 is 0 Å². The lowest BCUT2D eigenvalue weighted by Gasteiger charge is -2.38. The maximum absolute atomic E-state index is 9.43. The summed E-state index contributed by atoms with van der Waals surface area (Å²) in [7, 11) is 2.04. The van der Waals surface area contributed by atoms with Crippen molar-refractivity contribution in [2.75, 3.05) is 6.61 Å². The Morgan fingerprint density at radius 2 is 1.88 bits per heavy atom. The number of rotatable bonds is 3. The summed E-state index contributed by atoms with van der Waals surface area (Å²) in [5.74, 6) is 0. The van der Waals surface area contributed by atoms with Gasteiger partial charge in [0.1, 0.15) is 24.4 Å². The van der Waals surface area contributed by atoms with Crippen molar-refractivity contribution < 1.29 is 24.6 Å². The highest BCUT2D eigenvalue weighted by molar-refractivity contribution is 7.09. The molecule has 1 aliphatic heterocycles. The fraction of sp³-hybridized carbons (Fsp3) is 0.529. The van der Waals surface area contributed by atoms with E-state index in [0.717, 1.165) is 6.42 Å². The zero-order chi connectivity index (χ0) is 17.7. The number of aromatic nitrogens is 1. The van der Waals surface area contributed by atoms with Crippen LogP contribution in [-0.4, -0.2) is 57.4 Å². The van der Waals surface area contributed by atoms with Gasteiger partial charge in [-0.05, 0) is 25.0 Å². The second-order valence-electron chi connectivity index (χ2n) is 5.90. The monoisotopic (exact) mass is 355 g/mol. The van der Waals surface area contributed by atoms with Gasteiger partial charge in [-0.1, -0.05) is 25.1 Å². The molecule has 1 saturated heterocycles. The zero-order valence-electron chi connectivity index (χ0n) is 13.9. The summed E-state index contributed by atoms with van der Waals surface area (Å²) >= 11 is 0. The van der Waals surface area contributed by atoms with Gasteiger partial charge in [-0.2, -0.15) is 0 Å². The first-order valence-corrected chi connectivity index (χ1v) is 8.53. The fourth-order valence-corrected chi connectivity index (χ4v) is 2.98. The van der Waals surface area contributed by atoms with E-state index in [1.807, 2.05) is 9.47 Å². The molecule has 2 heterocycles. The normalized spacial score (nSPS) is 30.0. The molecule has 0 bridgehead atoms. The minimum Gasteiger partial charge on any atom is -0.388 e. The van der Waals surface area contributed by atoms with E-state index in [4.69, 9.17) is 9.26 Å². The van der Waals surface area contributed by atoms with Crippen LogP contribution in [0, 0.1) is 0 Å². The van der Waals surface area contributed by atoms with Crippen LogP contribution in [0.5, 0.6) is 0 Å². The number of nitrogens with one attached hydrogen (secondary N) is 1. The quantitative estimate of drug-likeness (QED) is 0.624. The molecule has 1 unspecified atom stereocenters. The molecule has 0 radical (unpaired) electrons. The van der Waals surface area contributed by atoms with Crippen molar-refractivity contribution in [3.8, 4) is 0 Å². The second kappa shape index (κ2) is 8.90. The zero-order valence-corrected chi connectivity index (χ0v) is 15.1. The minimum atomic E-state index is -1.17. The van der Waals surface area contributed by atoms with Gasteiger partial charge in [0.15, 0.2) is 0 Å². The van der Waals surface area contributed by atoms with Crippen molar-refractivity contribution in [1.29, 1.82) is 0 Å². The molecule has 0 saturated carbocycles. The number of benzene rings is 1. The number of aliphatic hydroxyl groups is 3. The van der Waals surface area contributed by atoms with Crippen LogP contribution in [0.4, 0.5) is 0 Å². The summed E-state index contributed by atoms with van der Waals surface area (Å²) in [6.45, 7) is 3.98. The molecule has 1 fully saturated rings. The number of aliphatic hydroxyl groups excluding tert-OH is 3. The standard InChI is InChI=1S/C10H11N.C7H15O5P/c1-2-8-7-11-10-6-4-3-5-9(8)10;1-3-5(8)7(10)6(9)4(12-3)2-11-13/h3-7,11H,2H2,1H3;3-10H,2,13H2,1H3/t;3-,4+,5-,6+,7+/m.0/s1. The SMILES string of the molecule is CCc1c[nH]c2ccccc12.C[C@@H]1O[C@H](COP)[C@@H](O)[C@H](O)[C@H]1O. The number of aromatic amines is 1. The molecule has 6 atom stereocenters. The number of fused-ring (bicyclic) bond motifs is 1. The number of aryl methyl sites for hydroxylation is 1. The first-order valence-electron chi connectivity index (χ1n) is 8.05. The molecular weight excluding hydrogens is 329 g/mol. The fourth-order valence-electron chi connectivity index (χ4n) is 2.79. The van der Waals surface area contributed by atoms with Crippen molar-refractivity contribution in [3.05, 3.63) is 36.0 Å². The van der Waals surface area contributed by atoms with E-state index in [1.54, 1.807) is 6.92 Å². The van der Waals surface area contributed by atoms with Crippen molar-refractivity contribution >= 4 is 20.4 Å². The number of hydrogen-bond donors (Lipinski definition) is 4. The van der Waals surface area contributed by atoms with Crippen LogP contribution >= 0.6 is 9.47 Å². The van der Waals surface area contributed by atoms with Gasteiger partial charge in [0.2, 0.25) is 0 Å². The summed E-state index contributed by atoms with van der Waals surface area (Å²) < 4.78 is 9.95. The summed E-state index contributed by atoms with van der Waals surface area (Å²) in [5.41, 5.74) is 2.64. The maximum atomic E-state index is 9.43. The van der Waals surface area contributed by atoms with Crippen LogP contribution in [0.3, 0.4) is 0 Å². The van der Waals surface area contributed by atoms with E-state index < -0.39 is 30.5 Å². The number of hydrogen-bond acceptors (Lipinski definition) is 5. The summed E-state index contributed by atoms with van der Waals surface area (Å²) in [6, 6.07) is 8.40. The average Bonchev–Trinajstić information content (AvgIpc) is 3.02. The van der Waals surface area contributed by atoms with Crippen molar-refractivity contribution in [2.45, 2.75) is 50.8 Å². The largest absolute Gasteiger partial charge is 0.388 e. The van der Waals surface area contributed by atoms with E-state index in [9.17, 15) is 15.3 Å². The Balaban J connectivity index is 0.000000175. The summed E-state index contributed by atoms with van der Waals surface area (Å²) in [6.07, 6.45) is -1.22. The van der Waals surface area contributed by atoms with Crippen LogP contribution < -0.4 is 0 Å². The van der Waals surface area contributed by atoms with Crippen LogP contribution in [0.1, 0.15) is 19.4 Å². The van der Waals surface area contributed by atoms with Crippen molar-refractivity contribution in [2.24, 2.45) is 0 Å².